The topological polar surface area (TPSA) is 92.9 Å². The van der Waals surface area contributed by atoms with Crippen LogP contribution in [-0.4, -0.2) is 34.9 Å². The van der Waals surface area contributed by atoms with Crippen molar-refractivity contribution in [3.8, 4) is 0 Å². The van der Waals surface area contributed by atoms with E-state index >= 15 is 0 Å². The molecular weight excluding hydrogens is 341 g/mol. The lowest BCUT2D eigenvalue weighted by molar-refractivity contribution is -0.119. The average Bonchev–Trinajstić information content (AvgIpc) is 3.05. The summed E-state index contributed by atoms with van der Waals surface area (Å²) in [6.07, 6.45) is 1.47. The van der Waals surface area contributed by atoms with Gasteiger partial charge in [0.05, 0.1) is 6.54 Å². The van der Waals surface area contributed by atoms with E-state index in [-0.39, 0.29) is 23.7 Å². The molecule has 1 aromatic carbocycles. The maximum atomic E-state index is 13.1. The molecule has 0 aliphatic heterocycles. The van der Waals surface area contributed by atoms with Crippen LogP contribution >= 0.6 is 11.5 Å². The van der Waals surface area contributed by atoms with Crippen molar-refractivity contribution in [2.45, 2.75) is 32.1 Å². The Morgan fingerprint density at radius 1 is 1.32 bits per heavy atom. The lowest BCUT2D eigenvalue weighted by Gasteiger charge is -2.25. The first-order valence-corrected chi connectivity index (χ1v) is 8.97. The fourth-order valence-electron chi connectivity index (χ4n) is 2.27. The number of nitrogens with two attached hydrogens (primary N) is 1. The Labute approximate surface area is 151 Å². The Bertz CT molecular complexity index is 687. The van der Waals surface area contributed by atoms with Gasteiger partial charge in [-0.05, 0) is 24.1 Å². The van der Waals surface area contributed by atoms with Gasteiger partial charge in [0.2, 0.25) is 11.0 Å². The molecule has 1 amide bonds. The lowest BCUT2D eigenvalue weighted by atomic mass is 9.85. The van der Waals surface area contributed by atoms with E-state index in [0.717, 1.165) is 22.9 Å². The Morgan fingerprint density at radius 3 is 2.72 bits per heavy atom. The Morgan fingerprint density at radius 2 is 2.04 bits per heavy atom. The van der Waals surface area contributed by atoms with Crippen LogP contribution < -0.4 is 16.4 Å². The average molecular weight is 365 g/mol. The highest BCUT2D eigenvalue weighted by Crippen LogP contribution is 2.24. The van der Waals surface area contributed by atoms with Crippen molar-refractivity contribution in [3.63, 3.8) is 0 Å². The van der Waals surface area contributed by atoms with Crippen molar-refractivity contribution in [1.82, 2.24) is 14.7 Å². The third-order valence-corrected chi connectivity index (χ3v) is 4.57. The van der Waals surface area contributed by atoms with E-state index in [9.17, 15) is 9.18 Å². The van der Waals surface area contributed by atoms with Crippen molar-refractivity contribution >= 4 is 22.6 Å². The molecule has 0 aliphatic rings. The number of rotatable bonds is 9. The highest BCUT2D eigenvalue weighted by molar-refractivity contribution is 7.09. The molecule has 0 radical (unpaired) electrons. The first-order chi connectivity index (χ1) is 11.9. The molecule has 0 unspecified atom stereocenters. The van der Waals surface area contributed by atoms with Crippen molar-refractivity contribution < 1.29 is 9.18 Å². The highest BCUT2D eigenvalue weighted by atomic mass is 32.1. The van der Waals surface area contributed by atoms with Gasteiger partial charge in [-0.15, -0.1) is 0 Å². The summed E-state index contributed by atoms with van der Waals surface area (Å²) in [5.74, 6) is 0.370. The maximum absolute atomic E-state index is 13.1. The van der Waals surface area contributed by atoms with E-state index in [1.54, 1.807) is 12.1 Å². The SMILES string of the molecule is CC(C)(CNc1nc(CCCNC(=O)CN)ns1)c1ccc(F)cc1. The van der Waals surface area contributed by atoms with Crippen molar-refractivity contribution in [2.24, 2.45) is 5.73 Å². The number of benzene rings is 1. The van der Waals surface area contributed by atoms with Crippen LogP contribution in [0.1, 0.15) is 31.7 Å². The van der Waals surface area contributed by atoms with Crippen LogP contribution in [0.2, 0.25) is 0 Å². The molecule has 0 fully saturated rings. The standard InChI is InChI=1S/C17H24FN5OS/c1-17(2,12-5-7-13(18)8-6-12)11-21-16-22-14(23-25-16)4-3-9-20-15(24)10-19/h5-8H,3-4,9-11,19H2,1-2H3,(H,20,24)(H,21,22,23). The summed E-state index contributed by atoms with van der Waals surface area (Å²) >= 11 is 1.32. The summed E-state index contributed by atoms with van der Waals surface area (Å²) in [5.41, 5.74) is 6.12. The first kappa shape index (κ1) is 19.3. The predicted octanol–water partition coefficient (Wildman–Crippen LogP) is 2.07. The second kappa shape index (κ2) is 8.87. The second-order valence-electron chi connectivity index (χ2n) is 6.42. The van der Waals surface area contributed by atoms with E-state index in [4.69, 9.17) is 5.73 Å². The van der Waals surface area contributed by atoms with Crippen molar-refractivity contribution in [1.29, 1.82) is 0 Å². The molecule has 1 aromatic heterocycles. The van der Waals surface area contributed by atoms with Gasteiger partial charge in [-0.1, -0.05) is 26.0 Å². The molecule has 0 saturated heterocycles. The Kier molecular flexibility index (Phi) is 6.83. The number of anilines is 1. The maximum Gasteiger partial charge on any atom is 0.233 e. The van der Waals surface area contributed by atoms with Gasteiger partial charge >= 0.3 is 0 Å². The molecule has 25 heavy (non-hydrogen) atoms. The molecule has 2 rings (SSSR count). The van der Waals surface area contributed by atoms with Crippen LogP contribution in [0.3, 0.4) is 0 Å². The summed E-state index contributed by atoms with van der Waals surface area (Å²) in [6, 6.07) is 6.56. The Balaban J connectivity index is 1.80. The molecule has 0 bridgehead atoms. The van der Waals surface area contributed by atoms with E-state index < -0.39 is 0 Å². The van der Waals surface area contributed by atoms with Crippen LogP contribution in [-0.2, 0) is 16.6 Å². The largest absolute Gasteiger partial charge is 0.359 e. The second-order valence-corrected chi connectivity index (χ2v) is 7.17. The number of hydrogen-bond donors (Lipinski definition) is 3. The number of aryl methyl sites for hydroxylation is 1. The molecule has 0 spiro atoms. The van der Waals surface area contributed by atoms with Gasteiger partial charge < -0.3 is 16.4 Å². The molecule has 4 N–H and O–H groups in total. The summed E-state index contributed by atoms with van der Waals surface area (Å²) in [5, 5.41) is 6.78. The molecule has 0 saturated carbocycles. The van der Waals surface area contributed by atoms with Crippen LogP contribution in [0.5, 0.6) is 0 Å². The van der Waals surface area contributed by atoms with E-state index in [1.165, 1.54) is 23.7 Å². The molecule has 136 valence electrons. The fourth-order valence-corrected chi connectivity index (χ4v) is 2.88. The van der Waals surface area contributed by atoms with Gasteiger partial charge in [-0.25, -0.2) is 9.37 Å². The molecule has 1 heterocycles. The third kappa shape index (κ3) is 6.06. The summed E-state index contributed by atoms with van der Waals surface area (Å²) in [6.45, 7) is 5.42. The van der Waals surface area contributed by atoms with Gasteiger partial charge in [0.1, 0.15) is 11.6 Å². The summed E-state index contributed by atoms with van der Waals surface area (Å²) in [7, 11) is 0. The number of aromatic nitrogens is 2. The van der Waals surface area contributed by atoms with Crippen LogP contribution in [0.25, 0.3) is 0 Å². The number of carbonyl (C=O) groups excluding carboxylic acids is 1. The first-order valence-electron chi connectivity index (χ1n) is 8.20. The molecule has 0 atom stereocenters. The number of carbonyl (C=O) groups is 1. The number of hydrogen-bond acceptors (Lipinski definition) is 6. The van der Waals surface area contributed by atoms with E-state index in [1.807, 2.05) is 0 Å². The van der Waals surface area contributed by atoms with Gasteiger partial charge in [-0.2, -0.15) is 4.37 Å². The molecule has 2 aromatic rings. The van der Waals surface area contributed by atoms with Crippen molar-refractivity contribution in [2.75, 3.05) is 25.0 Å². The van der Waals surface area contributed by atoms with Gasteiger partial charge in [0, 0.05) is 36.5 Å². The zero-order valence-corrected chi connectivity index (χ0v) is 15.3. The quantitative estimate of drug-likeness (QED) is 0.592. The van der Waals surface area contributed by atoms with Gasteiger partial charge in [-0.3, -0.25) is 4.79 Å². The van der Waals surface area contributed by atoms with E-state index in [2.05, 4.69) is 33.8 Å². The summed E-state index contributed by atoms with van der Waals surface area (Å²) < 4.78 is 17.4. The number of amides is 1. The van der Waals surface area contributed by atoms with Crippen LogP contribution in [0.15, 0.2) is 24.3 Å². The van der Waals surface area contributed by atoms with E-state index in [0.29, 0.717) is 19.5 Å². The third-order valence-electron chi connectivity index (χ3n) is 3.86. The fraction of sp³-hybridized carbons (Fsp3) is 0.471. The zero-order valence-electron chi connectivity index (χ0n) is 14.5. The molecule has 8 heteroatoms. The molecular formula is C17H24FN5OS. The zero-order chi connectivity index (χ0) is 18.3. The van der Waals surface area contributed by atoms with Crippen LogP contribution in [0.4, 0.5) is 9.52 Å². The van der Waals surface area contributed by atoms with Crippen molar-refractivity contribution in [3.05, 3.63) is 41.5 Å². The summed E-state index contributed by atoms with van der Waals surface area (Å²) in [4.78, 5) is 15.5. The Hall–Kier alpha value is -2.06. The lowest BCUT2D eigenvalue weighted by Crippen LogP contribution is -2.31. The number of halogens is 1. The smallest absolute Gasteiger partial charge is 0.233 e. The van der Waals surface area contributed by atoms with Gasteiger partial charge in [0.15, 0.2) is 0 Å². The number of nitrogens with one attached hydrogen (secondary N) is 2. The molecule has 6 nitrogen and oxygen atoms in total. The minimum absolute atomic E-state index is 0.00681. The van der Waals surface area contributed by atoms with Gasteiger partial charge in [0.25, 0.3) is 0 Å². The van der Waals surface area contributed by atoms with Crippen LogP contribution in [0, 0.1) is 5.82 Å². The normalized spacial score (nSPS) is 11.4. The molecule has 0 aliphatic carbocycles. The number of nitrogens with zero attached hydrogens (tertiary/aromatic N) is 2. The minimum Gasteiger partial charge on any atom is -0.359 e. The minimum atomic E-state index is -0.232. The monoisotopic (exact) mass is 365 g/mol. The highest BCUT2D eigenvalue weighted by Gasteiger charge is 2.21. The predicted molar refractivity (Wildman–Crippen MR) is 98.2 cm³/mol.